The maximum atomic E-state index is 5.96. The van der Waals surface area contributed by atoms with Crippen LogP contribution in [0.1, 0.15) is 11.1 Å². The highest BCUT2D eigenvalue weighted by Gasteiger charge is 2.05. The summed E-state index contributed by atoms with van der Waals surface area (Å²) < 4.78 is 0. The van der Waals surface area contributed by atoms with Gasteiger partial charge in [0.15, 0.2) is 0 Å². The summed E-state index contributed by atoms with van der Waals surface area (Å²) in [7, 11) is 0. The van der Waals surface area contributed by atoms with Gasteiger partial charge >= 0.3 is 0 Å². The van der Waals surface area contributed by atoms with Crippen molar-refractivity contribution in [1.29, 1.82) is 0 Å². The van der Waals surface area contributed by atoms with Gasteiger partial charge in [-0.3, -0.25) is 0 Å². The average molecular weight is 272 g/mol. The van der Waals surface area contributed by atoms with E-state index in [-0.39, 0.29) is 0 Å². The van der Waals surface area contributed by atoms with Crippen LogP contribution in [0.3, 0.4) is 0 Å². The molecule has 1 aromatic heterocycles. The van der Waals surface area contributed by atoms with E-state index in [1.54, 1.807) is 17.4 Å². The molecule has 1 aromatic carbocycles. The summed E-state index contributed by atoms with van der Waals surface area (Å²) in [4.78, 5) is 0. The van der Waals surface area contributed by atoms with Crippen LogP contribution in [0.25, 0.3) is 0 Å². The lowest BCUT2D eigenvalue weighted by molar-refractivity contribution is 1.39. The first-order chi connectivity index (χ1) is 7.58. The van der Waals surface area contributed by atoms with Gasteiger partial charge in [-0.2, -0.15) is 0 Å². The van der Waals surface area contributed by atoms with Gasteiger partial charge in [-0.25, -0.2) is 0 Å². The molecule has 0 saturated heterocycles. The molecule has 2 rings (SSSR count). The molecule has 0 bridgehead atoms. The fraction of sp³-hybridized carbons (Fsp3) is 0.167. The number of thiophene rings is 1. The van der Waals surface area contributed by atoms with Crippen molar-refractivity contribution >= 4 is 45.2 Å². The maximum Gasteiger partial charge on any atom is 0.0959 e. The van der Waals surface area contributed by atoms with E-state index in [9.17, 15) is 0 Å². The Kier molecular flexibility index (Phi) is 3.43. The number of aryl methyl sites for hydroxylation is 1. The summed E-state index contributed by atoms with van der Waals surface area (Å²) in [6.45, 7) is 4.21. The SMILES string of the molecule is Cc1csc(Nc2ccc(Cl)c(Cl)c2)c1C. The van der Waals surface area contributed by atoms with Crippen molar-refractivity contribution < 1.29 is 0 Å². The molecule has 0 amide bonds. The van der Waals surface area contributed by atoms with Crippen molar-refractivity contribution in [2.24, 2.45) is 0 Å². The third-order valence-corrected chi connectivity index (χ3v) is 4.32. The molecule has 0 aliphatic heterocycles. The molecule has 16 heavy (non-hydrogen) atoms. The zero-order valence-corrected chi connectivity index (χ0v) is 11.3. The van der Waals surface area contributed by atoms with E-state index < -0.39 is 0 Å². The molecule has 1 N–H and O–H groups in total. The van der Waals surface area contributed by atoms with Gasteiger partial charge in [0.1, 0.15) is 0 Å². The summed E-state index contributed by atoms with van der Waals surface area (Å²) in [6.07, 6.45) is 0. The molecule has 0 aliphatic rings. The van der Waals surface area contributed by atoms with E-state index >= 15 is 0 Å². The van der Waals surface area contributed by atoms with Crippen LogP contribution in [0.15, 0.2) is 23.6 Å². The Labute approximate surface area is 109 Å². The van der Waals surface area contributed by atoms with Crippen molar-refractivity contribution in [2.45, 2.75) is 13.8 Å². The predicted octanol–water partition coefficient (Wildman–Crippen LogP) is 5.42. The van der Waals surface area contributed by atoms with Gasteiger partial charge < -0.3 is 5.32 Å². The van der Waals surface area contributed by atoms with Crippen LogP contribution in [0.2, 0.25) is 10.0 Å². The van der Waals surface area contributed by atoms with Crippen molar-refractivity contribution in [3.05, 3.63) is 44.8 Å². The monoisotopic (exact) mass is 271 g/mol. The van der Waals surface area contributed by atoms with Gasteiger partial charge in [0.2, 0.25) is 0 Å². The molecule has 2 aromatic rings. The minimum Gasteiger partial charge on any atom is -0.347 e. The van der Waals surface area contributed by atoms with Crippen LogP contribution in [0.4, 0.5) is 10.7 Å². The fourth-order valence-corrected chi connectivity index (χ4v) is 2.62. The Balaban J connectivity index is 2.27. The Morgan fingerprint density at radius 2 is 1.88 bits per heavy atom. The second kappa shape index (κ2) is 4.66. The van der Waals surface area contributed by atoms with E-state index in [2.05, 4.69) is 24.5 Å². The molecule has 0 saturated carbocycles. The lowest BCUT2D eigenvalue weighted by atomic mass is 10.2. The lowest BCUT2D eigenvalue weighted by Crippen LogP contribution is -1.89. The first-order valence-corrected chi connectivity index (χ1v) is 6.48. The van der Waals surface area contributed by atoms with E-state index in [1.165, 1.54) is 11.1 Å². The molecule has 84 valence electrons. The molecule has 0 atom stereocenters. The van der Waals surface area contributed by atoms with Gasteiger partial charge in [-0.05, 0) is 48.6 Å². The molecular formula is C12H11Cl2NS. The Hall–Kier alpha value is -0.700. The van der Waals surface area contributed by atoms with Crippen LogP contribution >= 0.6 is 34.5 Å². The Morgan fingerprint density at radius 1 is 1.12 bits per heavy atom. The van der Waals surface area contributed by atoms with Crippen LogP contribution in [-0.2, 0) is 0 Å². The first kappa shape index (κ1) is 11.8. The largest absolute Gasteiger partial charge is 0.347 e. The van der Waals surface area contributed by atoms with Gasteiger partial charge in [0, 0.05) is 5.69 Å². The van der Waals surface area contributed by atoms with Crippen molar-refractivity contribution in [3.63, 3.8) is 0 Å². The molecule has 0 unspecified atom stereocenters. The van der Waals surface area contributed by atoms with Crippen molar-refractivity contribution in [2.75, 3.05) is 5.32 Å². The summed E-state index contributed by atoms with van der Waals surface area (Å²) in [6, 6.07) is 5.54. The molecule has 0 spiro atoms. The minimum atomic E-state index is 0.567. The zero-order valence-electron chi connectivity index (χ0n) is 8.97. The number of hydrogen-bond donors (Lipinski definition) is 1. The standard InChI is InChI=1S/C12H11Cl2NS/c1-7-6-16-12(8(7)2)15-9-3-4-10(13)11(14)5-9/h3-6,15H,1-2H3. The van der Waals surface area contributed by atoms with Crippen molar-refractivity contribution in [3.8, 4) is 0 Å². The van der Waals surface area contributed by atoms with Crippen LogP contribution < -0.4 is 5.32 Å². The molecule has 0 aliphatic carbocycles. The number of rotatable bonds is 2. The van der Waals surface area contributed by atoms with Crippen LogP contribution in [0, 0.1) is 13.8 Å². The van der Waals surface area contributed by atoms with Gasteiger partial charge in [0.25, 0.3) is 0 Å². The average Bonchev–Trinajstić information content (AvgIpc) is 2.55. The van der Waals surface area contributed by atoms with Crippen molar-refractivity contribution in [1.82, 2.24) is 0 Å². The normalized spacial score (nSPS) is 10.5. The van der Waals surface area contributed by atoms with E-state index in [0.29, 0.717) is 10.0 Å². The molecule has 1 nitrogen and oxygen atoms in total. The molecule has 4 heteroatoms. The lowest BCUT2D eigenvalue weighted by Gasteiger charge is -2.06. The summed E-state index contributed by atoms with van der Waals surface area (Å²) in [5.74, 6) is 0. The quantitative estimate of drug-likeness (QED) is 0.770. The molecule has 1 heterocycles. The highest BCUT2D eigenvalue weighted by atomic mass is 35.5. The molecule has 0 fully saturated rings. The summed E-state index contributed by atoms with van der Waals surface area (Å²) in [5.41, 5.74) is 3.53. The van der Waals surface area contributed by atoms with E-state index in [0.717, 1.165) is 10.7 Å². The smallest absolute Gasteiger partial charge is 0.0959 e. The first-order valence-electron chi connectivity index (χ1n) is 4.84. The van der Waals surface area contributed by atoms with Gasteiger partial charge in [-0.15, -0.1) is 11.3 Å². The van der Waals surface area contributed by atoms with Crippen LogP contribution in [0.5, 0.6) is 0 Å². The number of halogens is 2. The number of hydrogen-bond acceptors (Lipinski definition) is 2. The number of benzene rings is 1. The molecular weight excluding hydrogens is 261 g/mol. The van der Waals surface area contributed by atoms with E-state index in [4.69, 9.17) is 23.2 Å². The highest BCUT2D eigenvalue weighted by molar-refractivity contribution is 7.14. The minimum absolute atomic E-state index is 0.567. The van der Waals surface area contributed by atoms with Crippen LogP contribution in [-0.4, -0.2) is 0 Å². The van der Waals surface area contributed by atoms with Gasteiger partial charge in [-0.1, -0.05) is 23.2 Å². The zero-order chi connectivity index (χ0) is 11.7. The van der Waals surface area contributed by atoms with E-state index in [1.807, 2.05) is 12.1 Å². The topological polar surface area (TPSA) is 12.0 Å². The van der Waals surface area contributed by atoms with Gasteiger partial charge in [0.05, 0.1) is 15.0 Å². The summed E-state index contributed by atoms with van der Waals surface area (Å²) in [5, 5.41) is 7.76. The Morgan fingerprint density at radius 3 is 2.44 bits per heavy atom. The summed E-state index contributed by atoms with van der Waals surface area (Å²) >= 11 is 13.5. The third-order valence-electron chi connectivity index (χ3n) is 2.46. The highest BCUT2D eigenvalue weighted by Crippen LogP contribution is 2.32. The second-order valence-corrected chi connectivity index (χ2v) is 5.32. The predicted molar refractivity (Wildman–Crippen MR) is 73.5 cm³/mol. The fourth-order valence-electron chi connectivity index (χ4n) is 1.33. The maximum absolute atomic E-state index is 5.96. The Bertz CT molecular complexity index is 520. The number of nitrogens with one attached hydrogen (secondary N) is 1. The second-order valence-electron chi connectivity index (χ2n) is 3.63. The number of anilines is 2. The third kappa shape index (κ3) is 2.34. The molecule has 0 radical (unpaired) electrons.